The Kier molecular flexibility index (Phi) is 4.18. The van der Waals surface area contributed by atoms with Crippen molar-refractivity contribution in [2.45, 2.75) is 19.3 Å². The number of aliphatic hydroxyl groups is 1. The molecule has 4 heteroatoms. The van der Waals surface area contributed by atoms with Crippen LogP contribution in [0.15, 0.2) is 0 Å². The third-order valence-electron chi connectivity index (χ3n) is 2.70. The third kappa shape index (κ3) is 3.74. The van der Waals surface area contributed by atoms with Crippen LogP contribution in [0.1, 0.15) is 19.3 Å². The van der Waals surface area contributed by atoms with Crippen LogP contribution in [-0.4, -0.2) is 47.3 Å². The van der Waals surface area contributed by atoms with Gasteiger partial charge in [0.2, 0.25) is 0 Å². The van der Waals surface area contributed by atoms with Gasteiger partial charge in [0.05, 0.1) is 0 Å². The third-order valence-corrected chi connectivity index (χ3v) is 2.70. The Bertz CT molecular complexity index is 141. The lowest BCUT2D eigenvalue weighted by Crippen LogP contribution is -2.41. The molecule has 3 rings (SSSR count). The molecule has 76 valence electrons. The fourth-order valence-corrected chi connectivity index (χ4v) is 1.86. The van der Waals surface area contributed by atoms with Gasteiger partial charge in [-0.05, 0) is 44.8 Å². The Labute approximate surface area is 78.2 Å². The Hall–Kier alpha value is -0.610. The van der Waals surface area contributed by atoms with E-state index < -0.39 is 12.6 Å². The number of carbonyl (C=O) groups is 1. The highest BCUT2D eigenvalue weighted by Gasteiger charge is 2.24. The summed E-state index contributed by atoms with van der Waals surface area (Å²) in [4.78, 5) is 11.7. The van der Waals surface area contributed by atoms with Crippen molar-refractivity contribution in [3.05, 3.63) is 0 Å². The zero-order valence-electron chi connectivity index (χ0n) is 7.78. The van der Waals surface area contributed by atoms with Crippen molar-refractivity contribution in [1.82, 2.24) is 4.90 Å². The first-order chi connectivity index (χ1) is 6.22. The summed E-state index contributed by atoms with van der Waals surface area (Å²) in [5.41, 5.74) is 0. The minimum absolute atomic E-state index is 0.778. The maximum atomic E-state index is 9.12. The van der Waals surface area contributed by atoms with Crippen molar-refractivity contribution in [3.8, 4) is 0 Å². The van der Waals surface area contributed by atoms with Crippen molar-refractivity contribution >= 4 is 5.97 Å². The van der Waals surface area contributed by atoms with Crippen LogP contribution in [0, 0.1) is 5.92 Å². The minimum atomic E-state index is -1.19. The van der Waals surface area contributed by atoms with Gasteiger partial charge < -0.3 is 15.1 Å². The Balaban J connectivity index is 0.000000149. The van der Waals surface area contributed by atoms with Gasteiger partial charge in [-0.3, -0.25) is 0 Å². The number of carboxylic acid groups (broad SMARTS) is 1. The van der Waals surface area contributed by atoms with Gasteiger partial charge in [0.1, 0.15) is 6.61 Å². The molecule has 4 nitrogen and oxygen atoms in total. The fraction of sp³-hybridized carbons (Fsp3) is 0.889. The molecule has 0 saturated carbocycles. The normalized spacial score (nSPS) is 30.5. The van der Waals surface area contributed by atoms with E-state index in [1.165, 1.54) is 38.9 Å². The summed E-state index contributed by atoms with van der Waals surface area (Å²) >= 11 is 0. The van der Waals surface area contributed by atoms with Crippen molar-refractivity contribution in [2.75, 3.05) is 26.2 Å². The monoisotopic (exact) mass is 187 g/mol. The average Bonchev–Trinajstić information content (AvgIpc) is 2.21. The first-order valence-electron chi connectivity index (χ1n) is 4.77. The van der Waals surface area contributed by atoms with Crippen molar-refractivity contribution in [3.63, 3.8) is 0 Å². The molecule has 3 heterocycles. The van der Waals surface area contributed by atoms with Gasteiger partial charge in [0.25, 0.3) is 0 Å². The lowest BCUT2D eigenvalue weighted by molar-refractivity contribution is -0.140. The van der Waals surface area contributed by atoms with E-state index in [-0.39, 0.29) is 0 Å². The molecule has 3 saturated heterocycles. The van der Waals surface area contributed by atoms with Crippen LogP contribution in [0.4, 0.5) is 0 Å². The smallest absolute Gasteiger partial charge is 0.329 e. The molecule has 0 unspecified atom stereocenters. The summed E-state index contributed by atoms with van der Waals surface area (Å²) in [6.07, 6.45) is 4.46. The molecule has 13 heavy (non-hydrogen) atoms. The van der Waals surface area contributed by atoms with Crippen LogP contribution in [-0.2, 0) is 4.79 Å². The van der Waals surface area contributed by atoms with Crippen LogP contribution >= 0.6 is 0 Å². The number of rotatable bonds is 1. The van der Waals surface area contributed by atoms with E-state index in [9.17, 15) is 0 Å². The predicted octanol–water partition coefficient (Wildman–Crippen LogP) is 0.165. The van der Waals surface area contributed by atoms with Gasteiger partial charge in [-0.25, -0.2) is 4.79 Å². The van der Waals surface area contributed by atoms with E-state index in [2.05, 4.69) is 4.90 Å². The van der Waals surface area contributed by atoms with E-state index >= 15 is 0 Å². The van der Waals surface area contributed by atoms with Crippen molar-refractivity contribution < 1.29 is 15.0 Å². The van der Waals surface area contributed by atoms with Crippen LogP contribution in [0.25, 0.3) is 0 Å². The first-order valence-corrected chi connectivity index (χ1v) is 4.77. The second-order valence-corrected chi connectivity index (χ2v) is 3.63. The summed E-state index contributed by atoms with van der Waals surface area (Å²) in [6.45, 7) is 3.40. The summed E-state index contributed by atoms with van der Waals surface area (Å²) in [7, 11) is 0. The van der Waals surface area contributed by atoms with E-state index in [1.54, 1.807) is 0 Å². The van der Waals surface area contributed by atoms with Crippen LogP contribution in [0.2, 0.25) is 0 Å². The van der Waals surface area contributed by atoms with Gasteiger partial charge in [-0.15, -0.1) is 0 Å². The second-order valence-electron chi connectivity index (χ2n) is 3.63. The predicted molar refractivity (Wildman–Crippen MR) is 48.5 cm³/mol. The summed E-state index contributed by atoms with van der Waals surface area (Å²) in [6, 6.07) is 0. The molecule has 3 aliphatic heterocycles. The molecule has 0 radical (unpaired) electrons. The zero-order valence-corrected chi connectivity index (χ0v) is 7.78. The van der Waals surface area contributed by atoms with Gasteiger partial charge in [-0.2, -0.15) is 0 Å². The summed E-state index contributed by atoms with van der Waals surface area (Å²) in [5, 5.41) is 15.0. The quantitative estimate of drug-likeness (QED) is 0.614. The highest BCUT2D eigenvalue weighted by Crippen LogP contribution is 2.26. The topological polar surface area (TPSA) is 60.8 Å². The molecule has 0 aromatic carbocycles. The van der Waals surface area contributed by atoms with Gasteiger partial charge in [0, 0.05) is 0 Å². The van der Waals surface area contributed by atoms with Gasteiger partial charge in [-0.1, -0.05) is 0 Å². The number of hydrogen-bond donors (Lipinski definition) is 2. The minimum Gasteiger partial charge on any atom is -0.480 e. The Morgan fingerprint density at radius 2 is 1.62 bits per heavy atom. The largest absolute Gasteiger partial charge is 0.480 e. The van der Waals surface area contributed by atoms with Crippen molar-refractivity contribution in [1.29, 1.82) is 0 Å². The molecule has 0 amide bonds. The highest BCUT2D eigenvalue weighted by atomic mass is 16.4. The first kappa shape index (κ1) is 10.5. The molecule has 0 aromatic heterocycles. The molecule has 3 fully saturated rings. The molecule has 0 spiro atoms. The molecule has 0 aromatic rings. The summed E-state index contributed by atoms with van der Waals surface area (Å²) in [5.74, 6) is -0.0787. The number of hydrogen-bond acceptors (Lipinski definition) is 3. The van der Waals surface area contributed by atoms with E-state index in [4.69, 9.17) is 15.0 Å². The molecule has 0 aliphatic carbocycles. The number of piperidine rings is 3. The maximum absolute atomic E-state index is 9.12. The SMILES string of the molecule is C1CN2CCC1CC2.O=C(O)CO. The average molecular weight is 187 g/mol. The fourth-order valence-electron chi connectivity index (χ4n) is 1.86. The molecule has 2 N–H and O–H groups in total. The number of carboxylic acids is 1. The zero-order chi connectivity index (χ0) is 9.68. The van der Waals surface area contributed by atoms with E-state index in [0.29, 0.717) is 0 Å². The molecule has 3 aliphatic rings. The lowest BCUT2D eigenvalue weighted by atomic mass is 9.89. The molecular weight excluding hydrogens is 170 g/mol. The number of aliphatic carboxylic acids is 1. The van der Waals surface area contributed by atoms with Crippen LogP contribution in [0.5, 0.6) is 0 Å². The Morgan fingerprint density at radius 3 is 1.69 bits per heavy atom. The van der Waals surface area contributed by atoms with Crippen molar-refractivity contribution in [2.24, 2.45) is 5.92 Å². The van der Waals surface area contributed by atoms with E-state index in [0.717, 1.165) is 5.92 Å². The maximum Gasteiger partial charge on any atom is 0.329 e. The van der Waals surface area contributed by atoms with E-state index in [1.807, 2.05) is 0 Å². The molecule has 2 bridgehead atoms. The number of nitrogens with zero attached hydrogens (tertiary/aromatic N) is 1. The summed E-state index contributed by atoms with van der Waals surface area (Å²) < 4.78 is 0. The lowest BCUT2D eigenvalue weighted by Gasteiger charge is -2.38. The molecule has 0 atom stereocenters. The number of aliphatic hydroxyl groups excluding tert-OH is 1. The number of fused-ring (bicyclic) bond motifs is 3. The molecular formula is C9H17NO3. The standard InChI is InChI=1S/C7H13N.C2H4O3/c1-4-8-5-2-7(1)3-6-8;3-1-2(4)5/h7H,1-6H2;3H,1H2,(H,4,5). The van der Waals surface area contributed by atoms with Crippen LogP contribution < -0.4 is 0 Å². The Morgan fingerprint density at radius 1 is 1.23 bits per heavy atom. The van der Waals surface area contributed by atoms with Crippen LogP contribution in [0.3, 0.4) is 0 Å². The highest BCUT2D eigenvalue weighted by molar-refractivity contribution is 5.67. The van der Waals surface area contributed by atoms with Gasteiger partial charge >= 0.3 is 5.97 Å². The second kappa shape index (κ2) is 5.19. The van der Waals surface area contributed by atoms with Gasteiger partial charge in [0.15, 0.2) is 0 Å².